The summed E-state index contributed by atoms with van der Waals surface area (Å²) in [4.78, 5) is 15.6. The molecule has 0 radical (unpaired) electrons. The zero-order valence-electron chi connectivity index (χ0n) is 10.3. The molecule has 19 heavy (non-hydrogen) atoms. The van der Waals surface area contributed by atoms with Crippen LogP contribution in [0.3, 0.4) is 0 Å². The van der Waals surface area contributed by atoms with Crippen LogP contribution in [0.1, 0.15) is 15.9 Å². The summed E-state index contributed by atoms with van der Waals surface area (Å²) in [5, 5.41) is 1.93. The summed E-state index contributed by atoms with van der Waals surface area (Å²) >= 11 is 1.60. The number of carbonyl (C=O) groups excluding carboxylic acids is 1. The van der Waals surface area contributed by atoms with Crippen molar-refractivity contribution in [3.05, 3.63) is 88.9 Å². The maximum Gasteiger partial charge on any atom is 0.193 e. The summed E-state index contributed by atoms with van der Waals surface area (Å²) in [5.74, 6) is 0.0752. The lowest BCUT2D eigenvalue weighted by Crippen LogP contribution is -1.99. The van der Waals surface area contributed by atoms with Crippen LogP contribution in [-0.2, 0) is 0 Å². The number of carbonyl (C=O) groups is 1. The monoisotopic (exact) mass is 267 g/mol. The van der Waals surface area contributed by atoms with E-state index in [-0.39, 0.29) is 5.78 Å². The number of nitrogens with zero attached hydrogens (tertiary/aromatic N) is 1. The van der Waals surface area contributed by atoms with E-state index < -0.39 is 0 Å². The number of benzene rings is 2. The quantitative estimate of drug-likeness (QED) is 0.655. The van der Waals surface area contributed by atoms with Crippen LogP contribution in [0.15, 0.2) is 77.8 Å². The van der Waals surface area contributed by atoms with Crippen molar-refractivity contribution < 1.29 is 4.79 Å². The van der Waals surface area contributed by atoms with Gasteiger partial charge in [0, 0.05) is 22.7 Å². The van der Waals surface area contributed by atoms with Gasteiger partial charge < -0.3 is 0 Å². The van der Waals surface area contributed by atoms with Gasteiger partial charge in [-0.15, -0.1) is 11.3 Å². The number of thiazole rings is 1. The molecule has 0 bridgehead atoms. The van der Waals surface area contributed by atoms with Gasteiger partial charge in [-0.25, -0.2) is 0 Å². The fraction of sp³-hybridized carbons (Fsp3) is 0. The standard InChI is InChI=1S/C13H10O.C3H3NS/c14-13(11-7-3-1-4-8-11)12-9-5-2-6-10-12;1-2-5-3-4-1/h1-10H;1-3H. The first kappa shape index (κ1) is 13.2. The van der Waals surface area contributed by atoms with Crippen molar-refractivity contribution in [3.63, 3.8) is 0 Å². The molecule has 1 heterocycles. The van der Waals surface area contributed by atoms with E-state index in [0.29, 0.717) is 0 Å². The Morgan fingerprint density at radius 3 is 1.68 bits per heavy atom. The van der Waals surface area contributed by atoms with E-state index in [1.54, 1.807) is 23.0 Å². The van der Waals surface area contributed by atoms with Crippen molar-refractivity contribution in [1.29, 1.82) is 0 Å². The summed E-state index contributed by atoms with van der Waals surface area (Å²) in [6.07, 6.45) is 1.77. The molecule has 94 valence electrons. The average Bonchev–Trinajstić information content (AvgIpc) is 3.08. The van der Waals surface area contributed by atoms with E-state index in [9.17, 15) is 4.79 Å². The summed E-state index contributed by atoms with van der Waals surface area (Å²) in [7, 11) is 0. The molecule has 0 saturated carbocycles. The van der Waals surface area contributed by atoms with Gasteiger partial charge in [-0.2, -0.15) is 0 Å². The van der Waals surface area contributed by atoms with Crippen LogP contribution in [0.2, 0.25) is 0 Å². The number of hydrogen-bond acceptors (Lipinski definition) is 3. The highest BCUT2D eigenvalue weighted by molar-refractivity contribution is 7.07. The van der Waals surface area contributed by atoms with Gasteiger partial charge in [0.15, 0.2) is 5.78 Å². The van der Waals surface area contributed by atoms with Gasteiger partial charge in [-0.05, 0) is 0 Å². The fourth-order valence-corrected chi connectivity index (χ4v) is 1.87. The highest BCUT2D eigenvalue weighted by Crippen LogP contribution is 2.08. The van der Waals surface area contributed by atoms with Crippen molar-refractivity contribution in [2.24, 2.45) is 0 Å². The van der Waals surface area contributed by atoms with Crippen LogP contribution in [0.4, 0.5) is 0 Å². The third kappa shape index (κ3) is 4.16. The number of ketones is 1. The minimum absolute atomic E-state index is 0.0752. The van der Waals surface area contributed by atoms with Crippen LogP contribution in [0.25, 0.3) is 0 Å². The molecular weight excluding hydrogens is 254 g/mol. The third-order valence-corrected chi connectivity index (χ3v) is 2.94. The van der Waals surface area contributed by atoms with Crippen molar-refractivity contribution in [1.82, 2.24) is 4.98 Å². The summed E-state index contributed by atoms with van der Waals surface area (Å²) in [6.45, 7) is 0. The molecule has 0 saturated heterocycles. The Morgan fingerprint density at radius 1 is 0.842 bits per heavy atom. The number of aromatic nitrogens is 1. The SMILES string of the molecule is O=C(c1ccccc1)c1ccccc1.c1cscn1. The van der Waals surface area contributed by atoms with Crippen LogP contribution in [0.5, 0.6) is 0 Å². The predicted octanol–water partition coefficient (Wildman–Crippen LogP) is 4.06. The second-order valence-corrected chi connectivity index (χ2v) is 4.49. The summed E-state index contributed by atoms with van der Waals surface area (Å²) in [5.41, 5.74) is 3.26. The topological polar surface area (TPSA) is 30.0 Å². The Kier molecular flexibility index (Phi) is 5.02. The molecule has 0 aliphatic rings. The molecule has 0 fully saturated rings. The molecule has 0 amide bonds. The molecule has 2 nitrogen and oxygen atoms in total. The second-order valence-electron chi connectivity index (χ2n) is 3.74. The molecule has 3 aromatic rings. The molecule has 2 aromatic carbocycles. The lowest BCUT2D eigenvalue weighted by molar-refractivity contribution is 0.103. The van der Waals surface area contributed by atoms with Crippen LogP contribution < -0.4 is 0 Å². The Bertz CT molecular complexity index is 532. The van der Waals surface area contributed by atoms with Crippen molar-refractivity contribution in [2.75, 3.05) is 0 Å². The molecule has 0 unspecified atom stereocenters. The highest BCUT2D eigenvalue weighted by atomic mass is 32.1. The molecule has 0 aliphatic heterocycles. The lowest BCUT2D eigenvalue weighted by Gasteiger charge is -1.99. The first-order valence-electron chi connectivity index (χ1n) is 5.85. The van der Waals surface area contributed by atoms with Crippen LogP contribution in [-0.4, -0.2) is 10.8 Å². The Hall–Kier alpha value is -2.26. The minimum atomic E-state index is 0.0752. The van der Waals surface area contributed by atoms with Gasteiger partial charge in [0.25, 0.3) is 0 Å². The normalized spacial score (nSPS) is 9.26. The Morgan fingerprint density at radius 2 is 1.37 bits per heavy atom. The van der Waals surface area contributed by atoms with E-state index in [4.69, 9.17) is 0 Å². The molecule has 0 atom stereocenters. The van der Waals surface area contributed by atoms with Crippen LogP contribution >= 0.6 is 11.3 Å². The predicted molar refractivity (Wildman–Crippen MR) is 78.4 cm³/mol. The average molecular weight is 267 g/mol. The first-order valence-corrected chi connectivity index (χ1v) is 6.79. The highest BCUT2D eigenvalue weighted by Gasteiger charge is 2.06. The zero-order valence-corrected chi connectivity index (χ0v) is 11.1. The molecule has 0 spiro atoms. The maximum atomic E-state index is 11.8. The van der Waals surface area contributed by atoms with Crippen molar-refractivity contribution in [2.45, 2.75) is 0 Å². The van der Waals surface area contributed by atoms with Gasteiger partial charge in [-0.3, -0.25) is 9.78 Å². The van der Waals surface area contributed by atoms with E-state index in [2.05, 4.69) is 4.98 Å². The van der Waals surface area contributed by atoms with E-state index in [1.165, 1.54) is 0 Å². The maximum absolute atomic E-state index is 11.8. The zero-order chi connectivity index (χ0) is 13.3. The number of hydrogen-bond donors (Lipinski definition) is 0. The van der Waals surface area contributed by atoms with Gasteiger partial charge in [0.05, 0.1) is 5.51 Å². The van der Waals surface area contributed by atoms with Gasteiger partial charge in [-0.1, -0.05) is 60.7 Å². The molecule has 3 heteroatoms. The molecule has 3 rings (SSSR count). The van der Waals surface area contributed by atoms with Crippen molar-refractivity contribution >= 4 is 17.1 Å². The molecule has 0 aliphatic carbocycles. The van der Waals surface area contributed by atoms with E-state index in [1.807, 2.05) is 66.0 Å². The largest absolute Gasteiger partial charge is 0.289 e. The third-order valence-electron chi connectivity index (χ3n) is 2.42. The van der Waals surface area contributed by atoms with Gasteiger partial charge in [0.2, 0.25) is 0 Å². The van der Waals surface area contributed by atoms with Crippen LogP contribution in [0, 0.1) is 0 Å². The fourth-order valence-electron chi connectivity index (χ4n) is 1.52. The molecular formula is C16H13NOS. The Balaban J connectivity index is 0.000000224. The molecule has 1 aromatic heterocycles. The number of rotatable bonds is 2. The smallest absolute Gasteiger partial charge is 0.193 e. The molecule has 0 N–H and O–H groups in total. The van der Waals surface area contributed by atoms with Gasteiger partial charge >= 0.3 is 0 Å². The van der Waals surface area contributed by atoms with E-state index in [0.717, 1.165) is 11.1 Å². The summed E-state index contributed by atoms with van der Waals surface area (Å²) < 4.78 is 0. The van der Waals surface area contributed by atoms with E-state index >= 15 is 0 Å². The Labute approximate surface area is 116 Å². The summed E-state index contributed by atoms with van der Waals surface area (Å²) in [6, 6.07) is 18.6. The van der Waals surface area contributed by atoms with Crippen molar-refractivity contribution in [3.8, 4) is 0 Å². The van der Waals surface area contributed by atoms with Gasteiger partial charge in [0.1, 0.15) is 0 Å². The lowest BCUT2D eigenvalue weighted by atomic mass is 10.0. The minimum Gasteiger partial charge on any atom is -0.289 e. The first-order chi connectivity index (χ1) is 9.38. The second kappa shape index (κ2) is 7.24.